The van der Waals surface area contributed by atoms with Crippen molar-refractivity contribution < 1.29 is 27.5 Å². The Labute approximate surface area is 263 Å². The lowest BCUT2D eigenvalue weighted by molar-refractivity contribution is -0.117. The molecule has 0 saturated carbocycles. The van der Waals surface area contributed by atoms with Gasteiger partial charge in [0.15, 0.2) is 15.7 Å². The van der Waals surface area contributed by atoms with E-state index in [1.54, 1.807) is 24.2 Å². The van der Waals surface area contributed by atoms with Crippen LogP contribution in [0.15, 0.2) is 34.3 Å². The Hall–Kier alpha value is -4.47. The first-order valence-corrected chi connectivity index (χ1v) is 16.4. The molecule has 2 aliphatic heterocycles. The Kier molecular flexibility index (Phi) is 9.85. The molecule has 4 rings (SSSR count). The van der Waals surface area contributed by atoms with Gasteiger partial charge in [-0.15, -0.1) is 0 Å². The summed E-state index contributed by atoms with van der Waals surface area (Å²) in [5.41, 5.74) is 0.545. The van der Waals surface area contributed by atoms with Gasteiger partial charge in [0.25, 0.3) is 0 Å². The van der Waals surface area contributed by atoms with Crippen molar-refractivity contribution in [1.29, 1.82) is 0 Å². The van der Waals surface area contributed by atoms with Crippen LogP contribution in [0, 0.1) is 5.92 Å². The molecule has 0 bridgehead atoms. The predicted molar refractivity (Wildman–Crippen MR) is 172 cm³/mol. The molecule has 1 fully saturated rings. The average Bonchev–Trinajstić information content (AvgIpc) is 3.41. The fraction of sp³-hybridized carbons (Fsp3) is 0.517. The van der Waals surface area contributed by atoms with Crippen LogP contribution in [-0.2, 0) is 19.4 Å². The molecule has 3 heterocycles. The maximum atomic E-state index is 12.6. The first kappa shape index (κ1) is 33.4. The summed E-state index contributed by atoms with van der Waals surface area (Å²) in [7, 11) is -1.98. The molecule has 16 heteroatoms. The molecule has 1 aromatic carbocycles. The van der Waals surface area contributed by atoms with Gasteiger partial charge >= 0.3 is 12.1 Å². The number of benzene rings is 1. The number of hydrogen-bond acceptors (Lipinski definition) is 11. The summed E-state index contributed by atoms with van der Waals surface area (Å²) >= 11 is 0. The summed E-state index contributed by atoms with van der Waals surface area (Å²) in [6.07, 6.45) is 4.69. The van der Waals surface area contributed by atoms with Gasteiger partial charge in [0.2, 0.25) is 11.9 Å². The molecule has 1 saturated heterocycles. The summed E-state index contributed by atoms with van der Waals surface area (Å²) in [6.45, 7) is 10.6. The number of ether oxygens (including phenoxy) is 1. The van der Waals surface area contributed by atoms with E-state index in [0.717, 1.165) is 12.7 Å². The SMILES string of the molecule is CC(C)N1CC(=O)N(C)c2cnc(Nc3cc(NC(=O)NC/N=C/C4CCN(C(=O)OC(C)(C)C)C4)cc(S(C)(=O)=O)c3)nc21. The maximum Gasteiger partial charge on any atom is 0.410 e. The van der Waals surface area contributed by atoms with E-state index >= 15 is 0 Å². The Morgan fingerprint density at radius 1 is 1.20 bits per heavy atom. The fourth-order valence-corrected chi connectivity index (χ4v) is 5.43. The summed E-state index contributed by atoms with van der Waals surface area (Å²) in [4.78, 5) is 55.5. The lowest BCUT2D eigenvalue weighted by Crippen LogP contribution is -2.47. The van der Waals surface area contributed by atoms with Crippen LogP contribution >= 0.6 is 0 Å². The van der Waals surface area contributed by atoms with Crippen LogP contribution in [0.4, 0.5) is 38.4 Å². The largest absolute Gasteiger partial charge is 0.444 e. The highest BCUT2D eigenvalue weighted by Gasteiger charge is 2.31. The zero-order valence-corrected chi connectivity index (χ0v) is 27.4. The second kappa shape index (κ2) is 13.3. The van der Waals surface area contributed by atoms with Gasteiger partial charge in [-0.3, -0.25) is 9.79 Å². The number of carbonyl (C=O) groups excluding carboxylic acids is 3. The molecule has 244 valence electrons. The molecular formula is C29H41N9O6S. The van der Waals surface area contributed by atoms with Gasteiger partial charge < -0.3 is 35.4 Å². The molecule has 45 heavy (non-hydrogen) atoms. The Morgan fingerprint density at radius 2 is 1.91 bits per heavy atom. The van der Waals surface area contributed by atoms with Crippen molar-refractivity contribution in [1.82, 2.24) is 20.2 Å². The van der Waals surface area contributed by atoms with E-state index < -0.39 is 21.5 Å². The highest BCUT2D eigenvalue weighted by molar-refractivity contribution is 7.90. The summed E-state index contributed by atoms with van der Waals surface area (Å²) < 4.78 is 30.3. The molecule has 2 aliphatic rings. The number of fused-ring (bicyclic) bond motifs is 1. The minimum absolute atomic E-state index is 0.00135. The third kappa shape index (κ3) is 8.80. The average molecular weight is 644 g/mol. The smallest absolute Gasteiger partial charge is 0.410 e. The van der Waals surface area contributed by atoms with E-state index in [1.165, 1.54) is 23.2 Å². The minimum atomic E-state index is -3.64. The standard InChI is InChI=1S/C29H41N9O6S/c1-18(2)38-16-24(39)36(6)23-14-31-26(35-25(23)38)33-20-10-21(12-22(11-20)45(7,42)43)34-27(40)32-17-30-13-19-8-9-37(15-19)28(41)44-29(3,4)5/h10-14,18-19H,8-9,15-17H2,1-7H3,(H,31,33,35)(H2,32,34,40)/b30-13+. The van der Waals surface area contributed by atoms with Crippen LogP contribution in [0.1, 0.15) is 41.0 Å². The summed E-state index contributed by atoms with van der Waals surface area (Å²) in [5, 5.41) is 8.29. The second-order valence-corrected chi connectivity index (χ2v) is 14.3. The van der Waals surface area contributed by atoms with Crippen LogP contribution in [0.25, 0.3) is 0 Å². The van der Waals surface area contributed by atoms with Gasteiger partial charge in [-0.05, 0) is 59.2 Å². The monoisotopic (exact) mass is 643 g/mol. The number of carbonyl (C=O) groups is 3. The van der Waals surface area contributed by atoms with Crippen molar-refractivity contribution in [2.24, 2.45) is 10.9 Å². The molecular weight excluding hydrogens is 602 g/mol. The first-order valence-electron chi connectivity index (χ1n) is 14.6. The van der Waals surface area contributed by atoms with Crippen molar-refractivity contribution in [2.75, 3.05) is 60.0 Å². The lowest BCUT2D eigenvalue weighted by atomic mass is 10.1. The van der Waals surface area contributed by atoms with E-state index in [1.807, 2.05) is 39.5 Å². The van der Waals surface area contributed by atoms with Gasteiger partial charge in [-0.2, -0.15) is 4.98 Å². The van der Waals surface area contributed by atoms with Crippen molar-refractivity contribution in [3.63, 3.8) is 0 Å². The zero-order chi connectivity index (χ0) is 33.1. The number of amides is 4. The van der Waals surface area contributed by atoms with E-state index in [2.05, 4.69) is 30.9 Å². The van der Waals surface area contributed by atoms with E-state index in [9.17, 15) is 22.8 Å². The third-order valence-corrected chi connectivity index (χ3v) is 8.15. The number of nitrogens with zero attached hydrogens (tertiary/aromatic N) is 6. The molecule has 2 aromatic rings. The van der Waals surface area contributed by atoms with Crippen molar-refractivity contribution in [2.45, 2.75) is 57.6 Å². The van der Waals surface area contributed by atoms with Crippen LogP contribution in [0.5, 0.6) is 0 Å². The Balaban J connectivity index is 1.40. The van der Waals surface area contributed by atoms with E-state index in [-0.39, 0.29) is 53.7 Å². The zero-order valence-electron chi connectivity index (χ0n) is 26.6. The number of urea groups is 1. The van der Waals surface area contributed by atoms with E-state index in [4.69, 9.17) is 4.74 Å². The van der Waals surface area contributed by atoms with Crippen LogP contribution < -0.4 is 25.8 Å². The molecule has 4 amide bonds. The molecule has 3 N–H and O–H groups in total. The molecule has 1 aromatic heterocycles. The maximum absolute atomic E-state index is 12.6. The van der Waals surface area contributed by atoms with Gasteiger partial charge in [-0.25, -0.2) is 23.0 Å². The van der Waals surface area contributed by atoms with Crippen LogP contribution in [0.2, 0.25) is 0 Å². The number of aromatic nitrogens is 2. The molecule has 0 radical (unpaired) electrons. The number of hydrogen-bond donors (Lipinski definition) is 3. The van der Waals surface area contributed by atoms with Gasteiger partial charge in [0.05, 0.1) is 17.6 Å². The molecule has 1 atom stereocenters. The van der Waals surface area contributed by atoms with Gasteiger partial charge in [-0.1, -0.05) is 0 Å². The predicted octanol–water partition coefficient (Wildman–Crippen LogP) is 3.22. The molecule has 0 spiro atoms. The normalized spacial score (nSPS) is 17.1. The van der Waals surface area contributed by atoms with E-state index in [0.29, 0.717) is 30.3 Å². The van der Waals surface area contributed by atoms with Crippen molar-refractivity contribution in [3.05, 3.63) is 24.4 Å². The molecule has 1 unspecified atom stereocenters. The van der Waals surface area contributed by atoms with Crippen molar-refractivity contribution >= 4 is 62.9 Å². The summed E-state index contributed by atoms with van der Waals surface area (Å²) in [5.74, 6) is 0.721. The molecule has 0 aliphatic carbocycles. The highest BCUT2D eigenvalue weighted by atomic mass is 32.2. The number of sulfone groups is 1. The van der Waals surface area contributed by atoms with Crippen molar-refractivity contribution in [3.8, 4) is 0 Å². The fourth-order valence-electron chi connectivity index (χ4n) is 4.75. The number of likely N-dealkylation sites (N-methyl/N-ethyl adjacent to an activating group) is 1. The highest BCUT2D eigenvalue weighted by Crippen LogP contribution is 2.33. The molecule has 15 nitrogen and oxygen atoms in total. The Morgan fingerprint density at radius 3 is 2.58 bits per heavy atom. The topological polar surface area (TPSA) is 179 Å². The number of likely N-dealkylation sites (tertiary alicyclic amines) is 1. The second-order valence-electron chi connectivity index (χ2n) is 12.3. The van der Waals surface area contributed by atoms with Crippen LogP contribution in [-0.4, -0.2) is 98.8 Å². The number of anilines is 5. The lowest BCUT2D eigenvalue weighted by Gasteiger charge is -2.36. The third-order valence-electron chi connectivity index (χ3n) is 7.06. The quantitative estimate of drug-likeness (QED) is 0.362. The summed E-state index contributed by atoms with van der Waals surface area (Å²) in [6, 6.07) is 3.74. The van der Waals surface area contributed by atoms with Gasteiger partial charge in [0, 0.05) is 55.9 Å². The number of nitrogens with one attached hydrogen (secondary N) is 3. The minimum Gasteiger partial charge on any atom is -0.444 e. The van der Waals surface area contributed by atoms with Crippen LogP contribution in [0.3, 0.4) is 0 Å². The van der Waals surface area contributed by atoms with Gasteiger partial charge in [0.1, 0.15) is 18.0 Å². The Bertz CT molecular complexity index is 1590. The number of aliphatic imine (C=N–C) groups is 1. The first-order chi connectivity index (χ1) is 21.0. The number of rotatable bonds is 8.